The molecule has 0 radical (unpaired) electrons. The standard InChI is InChI=1S/C25H29N3O4/c1-30-23-5-3-20-24(28-23)18(9-13-26-20)6-10-25(29)11-7-19(8-12-25)27-15-17-2-4-21-22(14-17)32-16-31-21/h2-5,9,13-14,19,27,29H,6-8,10-12,15-16H2,1H3/t19-,25+. The highest BCUT2D eigenvalue weighted by atomic mass is 16.7. The molecule has 5 rings (SSSR count). The number of aryl methyl sites for hydroxylation is 1. The van der Waals surface area contributed by atoms with Gasteiger partial charge < -0.3 is 24.6 Å². The summed E-state index contributed by atoms with van der Waals surface area (Å²) >= 11 is 0. The Morgan fingerprint density at radius 3 is 2.81 bits per heavy atom. The van der Waals surface area contributed by atoms with Crippen molar-refractivity contribution in [3.05, 3.63) is 53.7 Å². The van der Waals surface area contributed by atoms with Gasteiger partial charge in [-0.25, -0.2) is 4.98 Å². The normalized spacial score (nSPS) is 22.2. The Morgan fingerprint density at radius 1 is 1.12 bits per heavy atom. The van der Waals surface area contributed by atoms with Crippen LogP contribution in [-0.4, -0.2) is 40.6 Å². The molecule has 7 heteroatoms. The summed E-state index contributed by atoms with van der Waals surface area (Å²) < 4.78 is 16.1. The van der Waals surface area contributed by atoms with Gasteiger partial charge in [0.1, 0.15) is 0 Å². The summed E-state index contributed by atoms with van der Waals surface area (Å²) in [4.78, 5) is 8.97. The fourth-order valence-electron chi connectivity index (χ4n) is 4.67. The van der Waals surface area contributed by atoms with Gasteiger partial charge in [0.15, 0.2) is 11.5 Å². The molecule has 168 valence electrons. The number of aromatic nitrogens is 2. The van der Waals surface area contributed by atoms with Gasteiger partial charge in [-0.2, -0.15) is 0 Å². The summed E-state index contributed by atoms with van der Waals surface area (Å²) in [7, 11) is 1.62. The third-order valence-corrected chi connectivity index (χ3v) is 6.66. The molecule has 2 N–H and O–H groups in total. The van der Waals surface area contributed by atoms with Crippen molar-refractivity contribution in [1.29, 1.82) is 0 Å². The molecule has 0 bridgehead atoms. The zero-order chi connectivity index (χ0) is 22.0. The van der Waals surface area contributed by atoms with Crippen LogP contribution in [0.25, 0.3) is 11.0 Å². The Hall–Kier alpha value is -2.90. The first-order chi connectivity index (χ1) is 15.6. The van der Waals surface area contributed by atoms with Crippen molar-refractivity contribution in [2.24, 2.45) is 0 Å². The molecule has 7 nitrogen and oxygen atoms in total. The Bertz CT molecular complexity index is 1100. The van der Waals surface area contributed by atoms with Crippen LogP contribution in [0.2, 0.25) is 0 Å². The lowest BCUT2D eigenvalue weighted by Gasteiger charge is -2.36. The van der Waals surface area contributed by atoms with E-state index in [0.717, 1.165) is 73.2 Å². The smallest absolute Gasteiger partial charge is 0.231 e. The lowest BCUT2D eigenvalue weighted by Crippen LogP contribution is -2.41. The van der Waals surface area contributed by atoms with Gasteiger partial charge in [0.05, 0.1) is 23.7 Å². The molecule has 0 saturated heterocycles. The molecule has 0 atom stereocenters. The van der Waals surface area contributed by atoms with Crippen LogP contribution < -0.4 is 19.5 Å². The number of fused-ring (bicyclic) bond motifs is 2. The van der Waals surface area contributed by atoms with Gasteiger partial charge in [-0.3, -0.25) is 4.98 Å². The SMILES string of the molecule is COc1ccc2nccc(CC[C@]3(O)CC[C@@H](NCc4ccc5c(c4)OCO5)CC3)c2n1. The van der Waals surface area contributed by atoms with E-state index in [4.69, 9.17) is 14.2 Å². The third-order valence-electron chi connectivity index (χ3n) is 6.66. The van der Waals surface area contributed by atoms with Crippen LogP contribution in [0.5, 0.6) is 17.4 Å². The highest BCUT2D eigenvalue weighted by Crippen LogP contribution is 2.34. The van der Waals surface area contributed by atoms with E-state index in [-0.39, 0.29) is 0 Å². The predicted octanol–water partition coefficient (Wildman–Crippen LogP) is 3.76. The second-order valence-electron chi connectivity index (χ2n) is 8.76. The number of aliphatic hydroxyl groups is 1. The first-order valence-electron chi connectivity index (χ1n) is 11.2. The molecule has 1 saturated carbocycles. The molecule has 1 aliphatic carbocycles. The van der Waals surface area contributed by atoms with Gasteiger partial charge in [-0.15, -0.1) is 0 Å². The van der Waals surface area contributed by atoms with Gasteiger partial charge >= 0.3 is 0 Å². The van der Waals surface area contributed by atoms with E-state index in [1.807, 2.05) is 36.5 Å². The number of hydrogen-bond acceptors (Lipinski definition) is 7. The Balaban J connectivity index is 1.15. The van der Waals surface area contributed by atoms with E-state index < -0.39 is 5.60 Å². The summed E-state index contributed by atoms with van der Waals surface area (Å²) in [6.45, 7) is 1.09. The molecular weight excluding hydrogens is 406 g/mol. The summed E-state index contributed by atoms with van der Waals surface area (Å²) in [5.74, 6) is 2.21. The van der Waals surface area contributed by atoms with E-state index in [0.29, 0.717) is 18.7 Å². The zero-order valence-corrected chi connectivity index (χ0v) is 18.3. The van der Waals surface area contributed by atoms with E-state index in [1.165, 1.54) is 5.56 Å². The highest BCUT2D eigenvalue weighted by molar-refractivity contribution is 5.78. The monoisotopic (exact) mass is 435 g/mol. The van der Waals surface area contributed by atoms with Crippen LogP contribution in [-0.2, 0) is 13.0 Å². The van der Waals surface area contributed by atoms with Crippen LogP contribution in [0.3, 0.4) is 0 Å². The quantitative estimate of drug-likeness (QED) is 0.584. The van der Waals surface area contributed by atoms with Gasteiger partial charge in [0.25, 0.3) is 0 Å². The number of nitrogens with one attached hydrogen (secondary N) is 1. The largest absolute Gasteiger partial charge is 0.481 e. The molecule has 2 aliphatic rings. The second kappa shape index (κ2) is 8.92. The Morgan fingerprint density at radius 2 is 1.97 bits per heavy atom. The fraction of sp³-hybridized carbons (Fsp3) is 0.440. The van der Waals surface area contributed by atoms with Crippen molar-refractivity contribution in [3.63, 3.8) is 0 Å². The minimum Gasteiger partial charge on any atom is -0.481 e. The Kier molecular flexibility index (Phi) is 5.85. The van der Waals surface area contributed by atoms with Gasteiger partial charge in [0, 0.05) is 24.8 Å². The van der Waals surface area contributed by atoms with Crippen LogP contribution in [0.15, 0.2) is 42.6 Å². The van der Waals surface area contributed by atoms with Crippen LogP contribution >= 0.6 is 0 Å². The minimum absolute atomic E-state index is 0.298. The number of ether oxygens (including phenoxy) is 3. The van der Waals surface area contributed by atoms with Crippen molar-refractivity contribution in [2.75, 3.05) is 13.9 Å². The summed E-state index contributed by atoms with van der Waals surface area (Å²) in [5.41, 5.74) is 3.36. The Labute approximate surface area is 187 Å². The average molecular weight is 436 g/mol. The summed E-state index contributed by atoms with van der Waals surface area (Å²) in [6, 6.07) is 12.2. The number of methoxy groups -OCH3 is 1. The molecule has 3 aromatic rings. The fourth-order valence-corrected chi connectivity index (χ4v) is 4.67. The zero-order valence-electron chi connectivity index (χ0n) is 18.3. The molecule has 1 aliphatic heterocycles. The minimum atomic E-state index is -0.634. The predicted molar refractivity (Wildman–Crippen MR) is 121 cm³/mol. The maximum Gasteiger partial charge on any atom is 0.231 e. The van der Waals surface area contributed by atoms with Crippen LogP contribution in [0.4, 0.5) is 0 Å². The molecule has 1 aromatic carbocycles. The third kappa shape index (κ3) is 4.49. The lowest BCUT2D eigenvalue weighted by molar-refractivity contribution is -0.0108. The number of hydrogen-bond donors (Lipinski definition) is 2. The van der Waals surface area contributed by atoms with E-state index in [9.17, 15) is 5.11 Å². The average Bonchev–Trinajstić information content (AvgIpc) is 3.30. The molecule has 1 fully saturated rings. The van der Waals surface area contributed by atoms with Crippen LogP contribution in [0.1, 0.15) is 43.2 Å². The number of nitrogens with zero attached hydrogens (tertiary/aromatic N) is 2. The van der Waals surface area contributed by atoms with Crippen molar-refractivity contribution in [2.45, 2.75) is 56.7 Å². The molecular formula is C25H29N3O4. The van der Waals surface area contributed by atoms with Crippen molar-refractivity contribution >= 4 is 11.0 Å². The first kappa shape index (κ1) is 21.0. The van der Waals surface area contributed by atoms with Crippen molar-refractivity contribution in [3.8, 4) is 17.4 Å². The van der Waals surface area contributed by atoms with Crippen LogP contribution in [0, 0.1) is 0 Å². The number of benzene rings is 1. The van der Waals surface area contributed by atoms with E-state index >= 15 is 0 Å². The van der Waals surface area contributed by atoms with Gasteiger partial charge in [0.2, 0.25) is 12.7 Å². The van der Waals surface area contributed by atoms with Gasteiger partial charge in [-0.05, 0) is 73.9 Å². The van der Waals surface area contributed by atoms with Crippen molar-refractivity contribution < 1.29 is 19.3 Å². The lowest BCUT2D eigenvalue weighted by atomic mass is 9.78. The highest BCUT2D eigenvalue weighted by Gasteiger charge is 2.33. The number of pyridine rings is 2. The number of rotatable bonds is 7. The van der Waals surface area contributed by atoms with E-state index in [1.54, 1.807) is 7.11 Å². The van der Waals surface area contributed by atoms with Gasteiger partial charge in [-0.1, -0.05) is 6.07 Å². The maximum atomic E-state index is 11.2. The molecule has 32 heavy (non-hydrogen) atoms. The van der Waals surface area contributed by atoms with E-state index in [2.05, 4.69) is 21.4 Å². The molecule has 0 unspecified atom stereocenters. The first-order valence-corrected chi connectivity index (χ1v) is 11.2. The molecule has 3 heterocycles. The maximum absolute atomic E-state index is 11.2. The molecule has 2 aromatic heterocycles. The summed E-state index contributed by atoms with van der Waals surface area (Å²) in [6.07, 6.45) is 6.82. The summed E-state index contributed by atoms with van der Waals surface area (Å²) in [5, 5.41) is 14.8. The van der Waals surface area contributed by atoms with Crippen molar-refractivity contribution in [1.82, 2.24) is 15.3 Å². The topological polar surface area (TPSA) is 85.7 Å². The molecule has 0 amide bonds. The second-order valence-corrected chi connectivity index (χ2v) is 8.76. The molecule has 0 spiro atoms.